The number of nitrogens with zero attached hydrogens (tertiary/aromatic N) is 3. The first kappa shape index (κ1) is 14.4. The third kappa shape index (κ3) is 2.53. The van der Waals surface area contributed by atoms with Crippen LogP contribution in [-0.2, 0) is 18.4 Å². The van der Waals surface area contributed by atoms with Crippen LogP contribution in [0.15, 0.2) is 28.8 Å². The molecule has 1 fully saturated rings. The minimum atomic E-state index is -0.653. The van der Waals surface area contributed by atoms with Crippen LogP contribution in [0.4, 0.5) is 0 Å². The minimum absolute atomic E-state index is 0.0433. The summed E-state index contributed by atoms with van der Waals surface area (Å²) >= 11 is 0. The van der Waals surface area contributed by atoms with Crippen LogP contribution in [0.25, 0.3) is 0 Å². The third-order valence-electron chi connectivity index (χ3n) is 5.32. The first-order valence-electron chi connectivity index (χ1n) is 8.09. The molecule has 0 bridgehead atoms. The monoisotopic (exact) mass is 312 g/mol. The number of benzene rings is 1. The first-order chi connectivity index (χ1) is 11.2. The lowest BCUT2D eigenvalue weighted by molar-refractivity contribution is 0.0987. The normalized spacial score (nSPS) is 19.8. The van der Waals surface area contributed by atoms with Crippen molar-refractivity contribution in [2.24, 2.45) is 5.73 Å². The Hall–Kier alpha value is -2.21. The zero-order chi connectivity index (χ0) is 15.9. The highest BCUT2D eigenvalue weighted by Crippen LogP contribution is 2.46. The summed E-state index contributed by atoms with van der Waals surface area (Å²) in [6.45, 7) is 2.59. The lowest BCUT2D eigenvalue weighted by atomic mass is 9.74. The van der Waals surface area contributed by atoms with E-state index in [9.17, 15) is 4.79 Å². The number of hydrogen-bond acceptors (Lipinski definition) is 5. The predicted molar refractivity (Wildman–Crippen MR) is 83.8 cm³/mol. The molecule has 1 saturated heterocycles. The van der Waals surface area contributed by atoms with Crippen molar-refractivity contribution in [1.29, 1.82) is 0 Å². The van der Waals surface area contributed by atoms with Gasteiger partial charge in [0.2, 0.25) is 5.89 Å². The SMILES string of the molecule is NC(=O)c1noc(CN2CCC3(CCc4ccccc43)CC2)n1. The van der Waals surface area contributed by atoms with Gasteiger partial charge in [0.15, 0.2) is 0 Å². The predicted octanol–water partition coefficient (Wildman–Crippen LogP) is 1.65. The van der Waals surface area contributed by atoms with Gasteiger partial charge in [-0.3, -0.25) is 9.69 Å². The van der Waals surface area contributed by atoms with E-state index in [1.165, 1.54) is 18.4 Å². The van der Waals surface area contributed by atoms with Crippen molar-refractivity contribution in [3.8, 4) is 0 Å². The van der Waals surface area contributed by atoms with Gasteiger partial charge in [0.25, 0.3) is 11.7 Å². The van der Waals surface area contributed by atoms with E-state index >= 15 is 0 Å². The van der Waals surface area contributed by atoms with Gasteiger partial charge in [-0.25, -0.2) is 0 Å². The Morgan fingerprint density at radius 2 is 2.04 bits per heavy atom. The number of fused-ring (bicyclic) bond motifs is 2. The average Bonchev–Trinajstić information content (AvgIpc) is 3.16. The topological polar surface area (TPSA) is 85.2 Å². The molecule has 2 heterocycles. The number of aromatic nitrogens is 2. The molecule has 1 aliphatic carbocycles. The summed E-state index contributed by atoms with van der Waals surface area (Å²) in [5.74, 6) is -0.236. The molecule has 0 saturated carbocycles. The van der Waals surface area contributed by atoms with E-state index < -0.39 is 5.91 Å². The van der Waals surface area contributed by atoms with Crippen molar-refractivity contribution in [2.45, 2.75) is 37.6 Å². The standard InChI is InChI=1S/C17H20N4O2/c18-15(22)16-19-14(23-20-16)11-21-9-7-17(8-10-21)6-5-12-3-1-2-4-13(12)17/h1-4H,5-11H2,(H2,18,22). The van der Waals surface area contributed by atoms with Crippen molar-refractivity contribution in [1.82, 2.24) is 15.0 Å². The number of carbonyl (C=O) groups is 1. The van der Waals surface area contributed by atoms with Crippen LogP contribution in [0.3, 0.4) is 0 Å². The second-order valence-corrected chi connectivity index (χ2v) is 6.59. The Labute approximate surface area is 134 Å². The highest BCUT2D eigenvalue weighted by molar-refractivity contribution is 5.88. The molecule has 6 nitrogen and oxygen atoms in total. The molecule has 23 heavy (non-hydrogen) atoms. The van der Waals surface area contributed by atoms with E-state index in [2.05, 4.69) is 39.3 Å². The summed E-state index contributed by atoms with van der Waals surface area (Å²) in [5.41, 5.74) is 8.56. The molecule has 6 heteroatoms. The van der Waals surface area contributed by atoms with Gasteiger partial charge in [-0.1, -0.05) is 29.4 Å². The molecule has 2 aromatic rings. The van der Waals surface area contributed by atoms with Gasteiger partial charge in [-0.2, -0.15) is 4.98 Å². The lowest BCUT2D eigenvalue weighted by Crippen LogP contribution is -2.41. The van der Waals surface area contributed by atoms with E-state index in [0.29, 0.717) is 17.9 Å². The lowest BCUT2D eigenvalue weighted by Gasteiger charge is -2.39. The smallest absolute Gasteiger partial charge is 0.290 e. The Morgan fingerprint density at radius 3 is 2.78 bits per heavy atom. The fourth-order valence-corrected chi connectivity index (χ4v) is 4.03. The number of carbonyl (C=O) groups excluding carboxylic acids is 1. The molecule has 4 rings (SSSR count). The molecule has 1 spiro atoms. The van der Waals surface area contributed by atoms with E-state index in [4.69, 9.17) is 10.3 Å². The van der Waals surface area contributed by atoms with Crippen molar-refractivity contribution < 1.29 is 9.32 Å². The molecule has 120 valence electrons. The maximum Gasteiger partial charge on any atom is 0.290 e. The summed E-state index contributed by atoms with van der Waals surface area (Å²) < 4.78 is 5.10. The maximum absolute atomic E-state index is 11.0. The molecule has 1 aromatic carbocycles. The molecule has 0 unspecified atom stereocenters. The Morgan fingerprint density at radius 1 is 1.26 bits per heavy atom. The fourth-order valence-electron chi connectivity index (χ4n) is 4.03. The number of rotatable bonds is 3. The molecular formula is C17H20N4O2. The van der Waals surface area contributed by atoms with E-state index in [-0.39, 0.29) is 5.82 Å². The minimum Gasteiger partial charge on any atom is -0.363 e. The first-order valence-corrected chi connectivity index (χ1v) is 8.09. The Kier molecular flexibility index (Phi) is 3.41. The van der Waals surface area contributed by atoms with Gasteiger partial charge in [-0.05, 0) is 55.3 Å². The summed E-state index contributed by atoms with van der Waals surface area (Å²) in [5, 5.41) is 3.59. The number of primary amides is 1. The van der Waals surface area contributed by atoms with E-state index in [0.717, 1.165) is 25.9 Å². The summed E-state index contributed by atoms with van der Waals surface area (Å²) in [4.78, 5) is 17.4. The van der Waals surface area contributed by atoms with Crippen LogP contribution in [-0.4, -0.2) is 34.0 Å². The third-order valence-corrected chi connectivity index (χ3v) is 5.32. The van der Waals surface area contributed by atoms with Gasteiger partial charge >= 0.3 is 0 Å². The van der Waals surface area contributed by atoms with Crippen molar-refractivity contribution in [3.05, 3.63) is 47.1 Å². The van der Waals surface area contributed by atoms with Gasteiger partial charge in [-0.15, -0.1) is 0 Å². The molecule has 1 aromatic heterocycles. The highest BCUT2D eigenvalue weighted by Gasteiger charge is 2.40. The average molecular weight is 312 g/mol. The second kappa shape index (κ2) is 5.45. The molecule has 0 radical (unpaired) electrons. The number of hydrogen-bond donors (Lipinski definition) is 1. The Bertz CT molecular complexity index is 732. The van der Waals surface area contributed by atoms with Crippen molar-refractivity contribution >= 4 is 5.91 Å². The molecule has 2 aliphatic rings. The number of piperidine rings is 1. The fraction of sp³-hybridized carbons (Fsp3) is 0.471. The molecule has 1 aliphatic heterocycles. The van der Waals surface area contributed by atoms with Crippen LogP contribution < -0.4 is 5.73 Å². The molecular weight excluding hydrogens is 292 g/mol. The van der Waals surface area contributed by atoms with Gasteiger partial charge < -0.3 is 10.3 Å². The van der Waals surface area contributed by atoms with Gasteiger partial charge in [0, 0.05) is 0 Å². The largest absolute Gasteiger partial charge is 0.363 e. The Balaban J connectivity index is 1.42. The van der Waals surface area contributed by atoms with E-state index in [1.54, 1.807) is 5.56 Å². The summed E-state index contributed by atoms with van der Waals surface area (Å²) in [6, 6.07) is 8.86. The summed E-state index contributed by atoms with van der Waals surface area (Å²) in [7, 11) is 0. The molecule has 0 atom stereocenters. The number of nitrogens with two attached hydrogens (primary N) is 1. The number of likely N-dealkylation sites (tertiary alicyclic amines) is 1. The zero-order valence-electron chi connectivity index (χ0n) is 13.0. The number of amides is 1. The van der Waals surface area contributed by atoms with Crippen LogP contribution >= 0.6 is 0 Å². The molecule has 2 N–H and O–H groups in total. The second-order valence-electron chi connectivity index (χ2n) is 6.59. The van der Waals surface area contributed by atoms with Crippen LogP contribution in [0.1, 0.15) is 46.9 Å². The van der Waals surface area contributed by atoms with Gasteiger partial charge in [0.05, 0.1) is 6.54 Å². The zero-order valence-corrected chi connectivity index (χ0v) is 13.0. The maximum atomic E-state index is 11.0. The van der Waals surface area contributed by atoms with Crippen LogP contribution in [0.2, 0.25) is 0 Å². The molecule has 1 amide bonds. The van der Waals surface area contributed by atoms with Crippen LogP contribution in [0, 0.1) is 0 Å². The quantitative estimate of drug-likeness (QED) is 0.931. The van der Waals surface area contributed by atoms with Crippen molar-refractivity contribution in [2.75, 3.05) is 13.1 Å². The van der Waals surface area contributed by atoms with Crippen LogP contribution in [0.5, 0.6) is 0 Å². The van der Waals surface area contributed by atoms with Gasteiger partial charge in [0.1, 0.15) is 0 Å². The van der Waals surface area contributed by atoms with Crippen molar-refractivity contribution in [3.63, 3.8) is 0 Å². The number of aryl methyl sites for hydroxylation is 1. The highest BCUT2D eigenvalue weighted by atomic mass is 16.5. The van der Waals surface area contributed by atoms with E-state index in [1.807, 2.05) is 0 Å². The summed E-state index contributed by atoms with van der Waals surface area (Å²) in [6.07, 6.45) is 4.76.